The maximum Gasteiger partial charge on any atom is 0.418 e. The van der Waals surface area contributed by atoms with Crippen LogP contribution < -0.4 is 19.7 Å². The van der Waals surface area contributed by atoms with E-state index >= 15 is 0 Å². The number of rotatable bonds is 7. The van der Waals surface area contributed by atoms with Crippen LogP contribution in [0.25, 0.3) is 0 Å². The van der Waals surface area contributed by atoms with E-state index in [-0.39, 0.29) is 36.3 Å². The molecule has 40 heavy (non-hydrogen) atoms. The number of para-hydroxylation sites is 1. The highest BCUT2D eigenvalue weighted by Crippen LogP contribution is 2.43. The van der Waals surface area contributed by atoms with E-state index in [4.69, 9.17) is 14.2 Å². The molecule has 0 radical (unpaired) electrons. The Kier molecular flexibility index (Phi) is 7.32. The van der Waals surface area contributed by atoms with Crippen LogP contribution in [0.1, 0.15) is 28.8 Å². The Morgan fingerprint density at radius 2 is 1.70 bits per heavy atom. The van der Waals surface area contributed by atoms with E-state index in [9.17, 15) is 28.0 Å². The number of carbonyl (C=O) groups excluding carboxylic acids is 4. The summed E-state index contributed by atoms with van der Waals surface area (Å²) in [6.07, 6.45) is -0.806. The molecule has 0 aromatic heterocycles. The number of halogens is 2. The Bertz CT molecular complexity index is 1460. The Morgan fingerprint density at radius 1 is 1.00 bits per heavy atom. The van der Waals surface area contributed by atoms with Crippen LogP contribution in [0.15, 0.2) is 66.7 Å². The summed E-state index contributed by atoms with van der Waals surface area (Å²) in [7, 11) is 1.12. The van der Waals surface area contributed by atoms with Crippen molar-refractivity contribution >= 4 is 35.2 Å². The third kappa shape index (κ3) is 5.15. The Balaban J connectivity index is 1.52. The maximum absolute atomic E-state index is 13.7. The number of nitrogens with one attached hydrogen (secondary N) is 1. The van der Waals surface area contributed by atoms with Crippen LogP contribution in [0.5, 0.6) is 17.2 Å². The van der Waals surface area contributed by atoms with Crippen LogP contribution in [-0.2, 0) is 20.9 Å². The second-order valence-corrected chi connectivity index (χ2v) is 8.94. The minimum Gasteiger partial charge on any atom is -0.457 e. The van der Waals surface area contributed by atoms with Crippen molar-refractivity contribution in [2.45, 2.75) is 32.0 Å². The highest BCUT2D eigenvalue weighted by atomic mass is 19.3. The van der Waals surface area contributed by atoms with E-state index in [1.807, 2.05) is 18.2 Å². The van der Waals surface area contributed by atoms with E-state index < -0.39 is 42.2 Å². The largest absolute Gasteiger partial charge is 0.457 e. The molecule has 206 valence electrons. The molecule has 10 nitrogen and oxygen atoms in total. The molecule has 1 N–H and O–H groups in total. The molecule has 0 aliphatic carbocycles. The van der Waals surface area contributed by atoms with Crippen LogP contribution >= 0.6 is 0 Å². The van der Waals surface area contributed by atoms with Gasteiger partial charge in [-0.2, -0.15) is 8.78 Å². The van der Waals surface area contributed by atoms with Gasteiger partial charge in [0.1, 0.15) is 17.5 Å². The lowest BCUT2D eigenvalue weighted by Crippen LogP contribution is -2.52. The molecule has 0 spiro atoms. The number of nitrogens with zero attached hydrogens (tertiary/aromatic N) is 2. The molecular weight excluding hydrogens is 528 g/mol. The van der Waals surface area contributed by atoms with Crippen molar-refractivity contribution in [3.8, 4) is 17.2 Å². The van der Waals surface area contributed by atoms with Crippen LogP contribution in [0.2, 0.25) is 0 Å². The molecule has 0 saturated carbocycles. The number of imide groups is 1. The van der Waals surface area contributed by atoms with Gasteiger partial charge in [-0.15, -0.1) is 0 Å². The first-order valence-corrected chi connectivity index (χ1v) is 12.2. The Labute approximate surface area is 227 Å². The Hall–Kier alpha value is -5.00. The van der Waals surface area contributed by atoms with Gasteiger partial charge in [-0.3, -0.25) is 19.7 Å². The molecule has 3 aromatic carbocycles. The number of ether oxygens (including phenoxy) is 3. The van der Waals surface area contributed by atoms with Crippen molar-refractivity contribution in [3.05, 3.63) is 77.9 Å². The zero-order chi connectivity index (χ0) is 28.4. The van der Waals surface area contributed by atoms with Gasteiger partial charge < -0.3 is 19.1 Å². The minimum atomic E-state index is -3.33. The van der Waals surface area contributed by atoms with Crippen molar-refractivity contribution in [1.82, 2.24) is 10.2 Å². The van der Waals surface area contributed by atoms with Crippen molar-refractivity contribution in [3.63, 3.8) is 0 Å². The van der Waals surface area contributed by atoms with E-state index in [1.165, 1.54) is 29.2 Å². The lowest BCUT2D eigenvalue weighted by Gasteiger charge is -2.29. The van der Waals surface area contributed by atoms with Crippen LogP contribution in [-0.4, -0.2) is 48.5 Å². The smallest absolute Gasteiger partial charge is 0.418 e. The second-order valence-electron chi connectivity index (χ2n) is 8.94. The molecule has 1 unspecified atom stereocenters. The van der Waals surface area contributed by atoms with E-state index in [2.05, 4.69) is 5.32 Å². The standard InChI is InChI=1S/C28H23F2N3O7/c1-38-28(37)33(17-8-10-19(11-9-17)39-18-5-3-2-4-6-18)20-12-7-16-15-32(21-13-14-22(34)31-25(21)35)26(36)23(16)24(20)40-27(29)30/h2-12,21,27H,13-15H2,1H3,(H,31,34,35). The lowest BCUT2D eigenvalue weighted by atomic mass is 10.0. The molecule has 0 bridgehead atoms. The number of methoxy groups -OCH3 is 1. The number of amides is 4. The number of hydrogen-bond donors (Lipinski definition) is 1. The van der Waals surface area contributed by atoms with E-state index in [0.29, 0.717) is 17.1 Å². The molecule has 1 fully saturated rings. The van der Waals surface area contributed by atoms with Gasteiger partial charge in [0.05, 0.1) is 24.0 Å². The number of fused-ring (bicyclic) bond motifs is 1. The predicted molar refractivity (Wildman–Crippen MR) is 137 cm³/mol. The summed E-state index contributed by atoms with van der Waals surface area (Å²) in [4.78, 5) is 52.6. The number of alkyl halides is 2. The predicted octanol–water partition coefficient (Wildman–Crippen LogP) is 4.75. The summed E-state index contributed by atoms with van der Waals surface area (Å²) in [6, 6.07) is 17.1. The maximum atomic E-state index is 13.7. The lowest BCUT2D eigenvalue weighted by molar-refractivity contribution is -0.136. The average Bonchev–Trinajstić information content (AvgIpc) is 3.27. The van der Waals surface area contributed by atoms with Gasteiger partial charge in [0, 0.05) is 13.0 Å². The SMILES string of the molecule is COC(=O)N(c1ccc(Oc2ccccc2)cc1)c1ccc2c(c1OC(F)F)C(=O)N(C1CCC(=O)NC1=O)C2. The molecule has 1 saturated heterocycles. The fraction of sp³-hybridized carbons (Fsp3) is 0.214. The summed E-state index contributed by atoms with van der Waals surface area (Å²) in [5.41, 5.74) is 0.172. The second kappa shape index (κ2) is 11.0. The van der Waals surface area contributed by atoms with E-state index in [0.717, 1.165) is 12.0 Å². The summed E-state index contributed by atoms with van der Waals surface area (Å²) in [6.45, 7) is -3.40. The first kappa shape index (κ1) is 26.6. The van der Waals surface area contributed by atoms with Gasteiger partial charge in [-0.05, 0) is 54.4 Å². The molecule has 2 aliphatic rings. The van der Waals surface area contributed by atoms with Crippen molar-refractivity contribution < 1.29 is 42.2 Å². The van der Waals surface area contributed by atoms with Crippen LogP contribution in [0, 0.1) is 0 Å². The van der Waals surface area contributed by atoms with Gasteiger partial charge in [0.15, 0.2) is 5.75 Å². The van der Waals surface area contributed by atoms with Crippen LogP contribution in [0.4, 0.5) is 25.0 Å². The van der Waals surface area contributed by atoms with Crippen molar-refractivity contribution in [1.29, 1.82) is 0 Å². The fourth-order valence-corrected chi connectivity index (χ4v) is 4.72. The quantitative estimate of drug-likeness (QED) is 0.422. The average molecular weight is 552 g/mol. The summed E-state index contributed by atoms with van der Waals surface area (Å²) >= 11 is 0. The first-order chi connectivity index (χ1) is 19.3. The van der Waals surface area contributed by atoms with Gasteiger partial charge in [0.25, 0.3) is 5.91 Å². The zero-order valence-corrected chi connectivity index (χ0v) is 21.1. The Morgan fingerprint density at radius 3 is 2.35 bits per heavy atom. The summed E-state index contributed by atoms with van der Waals surface area (Å²) < 4.78 is 42.9. The number of piperidine rings is 1. The normalized spacial score (nSPS) is 16.4. The topological polar surface area (TPSA) is 114 Å². The molecule has 2 heterocycles. The zero-order valence-electron chi connectivity index (χ0n) is 21.1. The minimum absolute atomic E-state index is 0.0300. The van der Waals surface area contributed by atoms with Crippen LogP contribution in [0.3, 0.4) is 0 Å². The first-order valence-electron chi connectivity index (χ1n) is 12.2. The molecule has 1 atom stereocenters. The number of benzene rings is 3. The number of hydrogen-bond acceptors (Lipinski definition) is 7. The molecule has 3 aromatic rings. The highest BCUT2D eigenvalue weighted by Gasteiger charge is 2.42. The molecule has 5 rings (SSSR count). The highest BCUT2D eigenvalue weighted by molar-refractivity contribution is 6.09. The van der Waals surface area contributed by atoms with Gasteiger partial charge in [-0.1, -0.05) is 24.3 Å². The van der Waals surface area contributed by atoms with Gasteiger partial charge >= 0.3 is 12.7 Å². The van der Waals surface area contributed by atoms with Crippen molar-refractivity contribution in [2.75, 3.05) is 12.0 Å². The third-order valence-corrected chi connectivity index (χ3v) is 6.50. The number of anilines is 2. The number of carbonyl (C=O) groups is 4. The molecule has 2 aliphatic heterocycles. The monoisotopic (exact) mass is 551 g/mol. The van der Waals surface area contributed by atoms with E-state index in [1.54, 1.807) is 24.3 Å². The third-order valence-electron chi connectivity index (χ3n) is 6.50. The van der Waals surface area contributed by atoms with Crippen molar-refractivity contribution in [2.24, 2.45) is 0 Å². The summed E-state index contributed by atoms with van der Waals surface area (Å²) in [5, 5.41) is 2.19. The van der Waals surface area contributed by atoms with Gasteiger partial charge in [0.2, 0.25) is 11.8 Å². The molecule has 12 heteroatoms. The molecule has 4 amide bonds. The summed E-state index contributed by atoms with van der Waals surface area (Å²) in [5.74, 6) is -1.34. The fourth-order valence-electron chi connectivity index (χ4n) is 4.72. The van der Waals surface area contributed by atoms with Gasteiger partial charge in [-0.25, -0.2) is 9.69 Å². The molecular formula is C28H23F2N3O7.